The van der Waals surface area contributed by atoms with Crippen molar-refractivity contribution in [2.45, 2.75) is 55.9 Å². The molecule has 12 heteroatoms. The molecule has 8 rings (SSSR count). The molecule has 4 aliphatic rings. The minimum absolute atomic E-state index is 0.0358. The molecule has 0 radical (unpaired) electrons. The minimum Gasteiger partial charge on any atom is -0.508 e. The molecule has 4 saturated heterocycles. The highest BCUT2D eigenvalue weighted by Gasteiger charge is 2.49. The molecule has 0 spiro atoms. The third-order valence-corrected chi connectivity index (χ3v) is 10.4. The van der Waals surface area contributed by atoms with Gasteiger partial charge in [-0.25, -0.2) is 13.2 Å². The zero-order chi connectivity index (χ0) is 31.0. The zero-order valence-electron chi connectivity index (χ0n) is 24.3. The molecule has 5 heterocycles. The largest absolute Gasteiger partial charge is 0.508 e. The van der Waals surface area contributed by atoms with E-state index in [1.807, 2.05) is 0 Å². The van der Waals surface area contributed by atoms with Gasteiger partial charge in [0.25, 0.3) is 0 Å². The van der Waals surface area contributed by atoms with Crippen LogP contribution < -0.4 is 15.0 Å². The van der Waals surface area contributed by atoms with Crippen LogP contribution in [0.2, 0.25) is 5.02 Å². The highest BCUT2D eigenvalue weighted by atomic mass is 35.5. The standard InChI is InChI=1S/C33H30ClF3N6O2/c34-28-25(36)5-2-17-8-22(44)10-23(26(17)28)27-18(12-38)9-24-30(29(27)37)40-32(41-31(24)42-14-20-3-4-21(15-42)39-20)45-16-33-6-1-7-43(33)13-19(35)11-33/h2,5,8-10,19-21,39,44H,1,3-4,6-7,11,13-16H2/t19-,20?,21?,33+/m1/s1. The van der Waals surface area contributed by atoms with Gasteiger partial charge in [0.2, 0.25) is 0 Å². The molecule has 232 valence electrons. The van der Waals surface area contributed by atoms with Crippen molar-refractivity contribution in [1.82, 2.24) is 20.2 Å². The average Bonchev–Trinajstić information content (AvgIpc) is 3.67. The van der Waals surface area contributed by atoms with Gasteiger partial charge in [-0.05, 0) is 67.4 Å². The van der Waals surface area contributed by atoms with Crippen molar-refractivity contribution < 1.29 is 23.0 Å². The number of hydrogen-bond donors (Lipinski definition) is 2. The Hall–Kier alpha value is -3.85. The topological polar surface area (TPSA) is 97.5 Å². The number of anilines is 1. The lowest BCUT2D eigenvalue weighted by molar-refractivity contribution is 0.107. The van der Waals surface area contributed by atoms with Crippen molar-refractivity contribution in [2.24, 2.45) is 0 Å². The maximum Gasteiger partial charge on any atom is 0.319 e. The lowest BCUT2D eigenvalue weighted by Gasteiger charge is -2.34. The molecule has 4 fully saturated rings. The van der Waals surface area contributed by atoms with Crippen molar-refractivity contribution in [3.63, 3.8) is 0 Å². The van der Waals surface area contributed by atoms with Crippen LogP contribution >= 0.6 is 11.6 Å². The SMILES string of the molecule is N#Cc1cc2c(N3CC4CCC(C3)N4)nc(OC[C@@]34CCCN3C[C@H](F)C4)nc2c(F)c1-c1cc(O)cc2ccc(F)c(Cl)c12. The zero-order valence-corrected chi connectivity index (χ0v) is 25.0. The molecule has 4 atom stereocenters. The first-order valence-electron chi connectivity index (χ1n) is 15.3. The van der Waals surface area contributed by atoms with E-state index in [9.17, 15) is 19.1 Å². The predicted octanol–water partition coefficient (Wildman–Crippen LogP) is 5.85. The summed E-state index contributed by atoms with van der Waals surface area (Å²) in [4.78, 5) is 13.5. The van der Waals surface area contributed by atoms with E-state index < -0.39 is 23.3 Å². The summed E-state index contributed by atoms with van der Waals surface area (Å²) in [7, 11) is 0. The van der Waals surface area contributed by atoms with Crippen LogP contribution in [0.25, 0.3) is 32.8 Å². The van der Waals surface area contributed by atoms with Crippen LogP contribution in [0.3, 0.4) is 0 Å². The van der Waals surface area contributed by atoms with Gasteiger partial charge in [0.15, 0.2) is 5.82 Å². The molecule has 2 bridgehead atoms. The number of ether oxygens (including phenoxy) is 1. The third-order valence-electron chi connectivity index (χ3n) is 10.0. The summed E-state index contributed by atoms with van der Waals surface area (Å²) in [5.74, 6) is -1.30. The van der Waals surface area contributed by atoms with E-state index in [0.717, 1.165) is 32.2 Å². The van der Waals surface area contributed by atoms with E-state index in [2.05, 4.69) is 26.2 Å². The molecule has 2 unspecified atom stereocenters. The van der Waals surface area contributed by atoms with E-state index in [4.69, 9.17) is 21.3 Å². The van der Waals surface area contributed by atoms with Crippen molar-refractivity contribution in [1.29, 1.82) is 5.26 Å². The Morgan fingerprint density at radius 1 is 1.13 bits per heavy atom. The van der Waals surface area contributed by atoms with Crippen LogP contribution in [0.4, 0.5) is 19.0 Å². The van der Waals surface area contributed by atoms with Gasteiger partial charge in [0.05, 0.1) is 22.2 Å². The number of nitrogens with one attached hydrogen (secondary N) is 1. The normalized spacial score (nSPS) is 26.1. The fourth-order valence-electron chi connectivity index (χ4n) is 8.04. The summed E-state index contributed by atoms with van der Waals surface area (Å²) in [6, 6.07) is 9.37. The smallest absolute Gasteiger partial charge is 0.319 e. The number of aromatic nitrogens is 2. The van der Waals surface area contributed by atoms with Gasteiger partial charge in [-0.1, -0.05) is 17.7 Å². The van der Waals surface area contributed by atoms with Crippen LogP contribution in [-0.2, 0) is 0 Å². The summed E-state index contributed by atoms with van der Waals surface area (Å²) in [6.45, 7) is 2.61. The fourth-order valence-corrected chi connectivity index (χ4v) is 8.32. The van der Waals surface area contributed by atoms with E-state index in [-0.39, 0.29) is 63.1 Å². The van der Waals surface area contributed by atoms with Crippen molar-refractivity contribution in [3.8, 4) is 29.0 Å². The number of fused-ring (bicyclic) bond motifs is 5. The Labute approximate surface area is 262 Å². The number of piperazine rings is 1. The van der Waals surface area contributed by atoms with E-state index in [0.29, 0.717) is 42.6 Å². The second kappa shape index (κ2) is 10.6. The maximum atomic E-state index is 17.0. The molecule has 0 saturated carbocycles. The number of nitrogens with zero attached hydrogens (tertiary/aromatic N) is 5. The Morgan fingerprint density at radius 3 is 2.71 bits per heavy atom. The number of rotatable bonds is 5. The summed E-state index contributed by atoms with van der Waals surface area (Å²) in [5, 5.41) is 25.1. The van der Waals surface area contributed by atoms with Gasteiger partial charge in [-0.2, -0.15) is 15.2 Å². The van der Waals surface area contributed by atoms with Gasteiger partial charge in [-0.3, -0.25) is 4.90 Å². The molecule has 1 aromatic heterocycles. The first-order chi connectivity index (χ1) is 21.7. The average molecular weight is 635 g/mol. The monoisotopic (exact) mass is 634 g/mol. The van der Waals surface area contributed by atoms with Crippen LogP contribution in [0.15, 0.2) is 30.3 Å². The maximum absolute atomic E-state index is 17.0. The van der Waals surface area contributed by atoms with Gasteiger partial charge in [0.1, 0.15) is 35.7 Å². The van der Waals surface area contributed by atoms with Crippen LogP contribution in [0, 0.1) is 23.0 Å². The number of hydrogen-bond acceptors (Lipinski definition) is 8. The number of aromatic hydroxyl groups is 1. The molecule has 0 amide bonds. The number of benzene rings is 3. The molecule has 0 aliphatic carbocycles. The van der Waals surface area contributed by atoms with Crippen LogP contribution in [-0.4, -0.2) is 76.6 Å². The first-order valence-corrected chi connectivity index (χ1v) is 15.7. The number of alkyl halides is 1. The minimum atomic E-state index is -0.934. The van der Waals surface area contributed by atoms with Crippen molar-refractivity contribution in [3.05, 3.63) is 52.6 Å². The van der Waals surface area contributed by atoms with E-state index in [1.165, 1.54) is 24.3 Å². The van der Waals surface area contributed by atoms with Crippen LogP contribution in [0.1, 0.15) is 37.7 Å². The summed E-state index contributed by atoms with van der Waals surface area (Å²) >= 11 is 6.39. The summed E-state index contributed by atoms with van der Waals surface area (Å²) in [5.41, 5.74) is -0.666. The van der Waals surface area contributed by atoms with Crippen molar-refractivity contribution >= 4 is 39.1 Å². The highest BCUT2D eigenvalue weighted by Crippen LogP contribution is 2.44. The van der Waals surface area contributed by atoms with Gasteiger partial charge in [-0.15, -0.1) is 0 Å². The molecule has 4 aromatic rings. The van der Waals surface area contributed by atoms with E-state index in [1.54, 1.807) is 6.07 Å². The number of phenolic OH excluding ortho intramolecular Hbond substituents is 1. The summed E-state index contributed by atoms with van der Waals surface area (Å²) < 4.78 is 52.3. The van der Waals surface area contributed by atoms with E-state index >= 15 is 4.39 Å². The molecule has 8 nitrogen and oxygen atoms in total. The second-order valence-corrected chi connectivity index (χ2v) is 13.2. The van der Waals surface area contributed by atoms with Gasteiger partial charge >= 0.3 is 6.01 Å². The quantitative estimate of drug-likeness (QED) is 0.282. The fraction of sp³-hybridized carbons (Fsp3) is 0.424. The Kier molecular flexibility index (Phi) is 6.75. The molecular weight excluding hydrogens is 605 g/mol. The first kappa shape index (κ1) is 28.6. The third kappa shape index (κ3) is 4.65. The molecule has 4 aliphatic heterocycles. The van der Waals surface area contributed by atoms with Crippen molar-refractivity contribution in [2.75, 3.05) is 37.7 Å². The Balaban J connectivity index is 1.32. The second-order valence-electron chi connectivity index (χ2n) is 12.8. The van der Waals surface area contributed by atoms with Gasteiger partial charge < -0.3 is 20.1 Å². The van der Waals surface area contributed by atoms with Crippen LogP contribution in [0.5, 0.6) is 11.8 Å². The Bertz CT molecular complexity index is 1910. The molecule has 2 N–H and O–H groups in total. The Morgan fingerprint density at radius 2 is 1.93 bits per heavy atom. The number of phenols is 1. The number of halogens is 4. The summed E-state index contributed by atoms with van der Waals surface area (Å²) in [6.07, 6.45) is 3.19. The highest BCUT2D eigenvalue weighted by molar-refractivity contribution is 6.37. The molecule has 45 heavy (non-hydrogen) atoms. The lowest BCUT2D eigenvalue weighted by atomic mass is 9.92. The predicted molar refractivity (Wildman–Crippen MR) is 164 cm³/mol. The number of nitriles is 1. The van der Waals surface area contributed by atoms with Gasteiger partial charge in [0, 0.05) is 54.5 Å². The molecule has 3 aromatic carbocycles. The molecular formula is C33H30ClF3N6O2. The lowest BCUT2D eigenvalue weighted by Crippen LogP contribution is -2.51.